The van der Waals surface area contributed by atoms with Crippen molar-refractivity contribution in [3.05, 3.63) is 30.4 Å². The Balaban J connectivity index is 0.00000133. The second kappa shape index (κ2) is 6.88. The average Bonchev–Trinajstić information content (AvgIpc) is 2.89. The third kappa shape index (κ3) is 3.68. The van der Waals surface area contributed by atoms with E-state index in [9.17, 15) is 0 Å². The van der Waals surface area contributed by atoms with Crippen LogP contribution >= 0.6 is 24.2 Å². The first-order valence-corrected chi connectivity index (χ1v) is 7.11. The highest BCUT2D eigenvalue weighted by atomic mass is 35.5. The summed E-state index contributed by atoms with van der Waals surface area (Å²) < 4.78 is 5.28. The van der Waals surface area contributed by atoms with Gasteiger partial charge in [0.25, 0.3) is 0 Å². The van der Waals surface area contributed by atoms with Gasteiger partial charge in [0.05, 0.1) is 0 Å². The molecule has 0 spiro atoms. The van der Waals surface area contributed by atoms with Crippen LogP contribution in [0.15, 0.2) is 29.0 Å². The van der Waals surface area contributed by atoms with Gasteiger partial charge in [0, 0.05) is 48.5 Å². The Morgan fingerprint density at radius 2 is 2.42 bits per heavy atom. The summed E-state index contributed by atoms with van der Waals surface area (Å²) in [7, 11) is 0. The summed E-state index contributed by atoms with van der Waals surface area (Å²) in [6.45, 7) is 1.05. The van der Waals surface area contributed by atoms with Crippen molar-refractivity contribution in [2.75, 3.05) is 18.1 Å². The zero-order valence-corrected chi connectivity index (χ0v) is 11.9. The molecule has 3 heterocycles. The van der Waals surface area contributed by atoms with Gasteiger partial charge in [-0.15, -0.1) is 12.4 Å². The van der Waals surface area contributed by atoms with Crippen LogP contribution in [0.1, 0.15) is 5.89 Å². The molecular formula is C12H15ClN4OS. The van der Waals surface area contributed by atoms with Crippen molar-refractivity contribution in [1.82, 2.24) is 20.4 Å². The van der Waals surface area contributed by atoms with Crippen LogP contribution in [0.25, 0.3) is 11.4 Å². The highest BCUT2D eigenvalue weighted by Gasteiger charge is 2.17. The standard InChI is InChI=1S/C12H14N4OS.ClH/c1-2-9(7-13-3-1)12-15-11(17-16-12)6-10-8-18-5-4-14-10;/h1-3,7,10,14H,4-6,8H2;1H. The minimum Gasteiger partial charge on any atom is -0.339 e. The number of rotatable bonds is 3. The van der Waals surface area contributed by atoms with Crippen molar-refractivity contribution in [2.24, 2.45) is 0 Å². The molecule has 1 unspecified atom stereocenters. The molecule has 0 aliphatic carbocycles. The molecule has 1 saturated heterocycles. The third-order valence-corrected chi connectivity index (χ3v) is 3.94. The second-order valence-electron chi connectivity index (χ2n) is 4.18. The maximum absolute atomic E-state index is 5.28. The van der Waals surface area contributed by atoms with E-state index in [-0.39, 0.29) is 12.4 Å². The monoisotopic (exact) mass is 298 g/mol. The maximum Gasteiger partial charge on any atom is 0.228 e. The molecule has 5 nitrogen and oxygen atoms in total. The molecule has 19 heavy (non-hydrogen) atoms. The number of aromatic nitrogens is 3. The van der Waals surface area contributed by atoms with Crippen LogP contribution in [0.3, 0.4) is 0 Å². The van der Waals surface area contributed by atoms with E-state index in [0.717, 1.165) is 24.3 Å². The molecule has 0 amide bonds. The van der Waals surface area contributed by atoms with E-state index in [4.69, 9.17) is 4.52 Å². The number of nitrogens with zero attached hydrogens (tertiary/aromatic N) is 3. The molecule has 0 saturated carbocycles. The average molecular weight is 299 g/mol. The Morgan fingerprint density at radius 1 is 1.47 bits per heavy atom. The number of halogens is 1. The van der Waals surface area contributed by atoms with Crippen LogP contribution in [0.2, 0.25) is 0 Å². The van der Waals surface area contributed by atoms with E-state index < -0.39 is 0 Å². The van der Waals surface area contributed by atoms with Gasteiger partial charge in [-0.3, -0.25) is 4.98 Å². The van der Waals surface area contributed by atoms with E-state index in [1.165, 1.54) is 5.75 Å². The van der Waals surface area contributed by atoms with Gasteiger partial charge in [-0.25, -0.2) is 0 Å². The number of nitrogens with one attached hydrogen (secondary N) is 1. The molecule has 0 aromatic carbocycles. The molecule has 1 aliphatic rings. The SMILES string of the molecule is Cl.c1cncc(-c2noc(CC3CSCCN3)n2)c1. The molecule has 3 rings (SSSR count). The maximum atomic E-state index is 5.28. The molecule has 7 heteroatoms. The first-order chi connectivity index (χ1) is 8.92. The van der Waals surface area contributed by atoms with Gasteiger partial charge >= 0.3 is 0 Å². The summed E-state index contributed by atoms with van der Waals surface area (Å²) in [6, 6.07) is 4.23. The molecule has 1 fully saturated rings. The summed E-state index contributed by atoms with van der Waals surface area (Å²) in [5.74, 6) is 3.58. The van der Waals surface area contributed by atoms with Crippen molar-refractivity contribution < 1.29 is 4.52 Å². The summed E-state index contributed by atoms with van der Waals surface area (Å²) in [5.41, 5.74) is 0.887. The Kier molecular flexibility index (Phi) is 5.18. The topological polar surface area (TPSA) is 63.8 Å². The summed E-state index contributed by atoms with van der Waals surface area (Å²) in [6.07, 6.45) is 4.26. The van der Waals surface area contributed by atoms with Crippen LogP contribution in [0.5, 0.6) is 0 Å². The lowest BCUT2D eigenvalue weighted by Gasteiger charge is -2.21. The fraction of sp³-hybridized carbons (Fsp3) is 0.417. The number of hydrogen-bond donors (Lipinski definition) is 1. The minimum absolute atomic E-state index is 0. The molecule has 2 aromatic rings. The van der Waals surface area contributed by atoms with E-state index in [2.05, 4.69) is 20.4 Å². The van der Waals surface area contributed by atoms with Crippen molar-refractivity contribution in [2.45, 2.75) is 12.5 Å². The quantitative estimate of drug-likeness (QED) is 0.932. The summed E-state index contributed by atoms with van der Waals surface area (Å²) in [5, 5.41) is 7.45. The largest absolute Gasteiger partial charge is 0.339 e. The van der Waals surface area contributed by atoms with Gasteiger partial charge < -0.3 is 9.84 Å². The highest BCUT2D eigenvalue weighted by Crippen LogP contribution is 2.16. The Labute approximate surface area is 122 Å². The third-order valence-electron chi connectivity index (χ3n) is 2.81. The van der Waals surface area contributed by atoms with Crippen molar-refractivity contribution in [1.29, 1.82) is 0 Å². The van der Waals surface area contributed by atoms with Crippen molar-refractivity contribution in [3.63, 3.8) is 0 Å². The number of thioether (sulfide) groups is 1. The fourth-order valence-electron chi connectivity index (χ4n) is 1.91. The fourth-order valence-corrected chi connectivity index (χ4v) is 2.86. The minimum atomic E-state index is 0. The van der Waals surface area contributed by atoms with E-state index >= 15 is 0 Å². The Morgan fingerprint density at radius 3 is 3.16 bits per heavy atom. The smallest absolute Gasteiger partial charge is 0.228 e. The summed E-state index contributed by atoms with van der Waals surface area (Å²) >= 11 is 1.96. The number of hydrogen-bond acceptors (Lipinski definition) is 6. The van der Waals surface area contributed by atoms with Gasteiger partial charge in [-0.05, 0) is 12.1 Å². The van der Waals surface area contributed by atoms with Gasteiger partial charge in [-0.1, -0.05) is 5.16 Å². The molecule has 0 bridgehead atoms. The van der Waals surface area contributed by atoms with Gasteiger partial charge in [0.2, 0.25) is 11.7 Å². The molecular weight excluding hydrogens is 284 g/mol. The first-order valence-electron chi connectivity index (χ1n) is 5.96. The summed E-state index contributed by atoms with van der Waals surface area (Å²) in [4.78, 5) is 8.46. The van der Waals surface area contributed by atoms with Crippen LogP contribution < -0.4 is 5.32 Å². The van der Waals surface area contributed by atoms with Gasteiger partial charge in [-0.2, -0.15) is 16.7 Å². The lowest BCUT2D eigenvalue weighted by atomic mass is 10.2. The second-order valence-corrected chi connectivity index (χ2v) is 5.33. The van der Waals surface area contributed by atoms with E-state index in [0.29, 0.717) is 17.8 Å². The zero-order valence-electron chi connectivity index (χ0n) is 10.3. The van der Waals surface area contributed by atoms with Crippen molar-refractivity contribution in [3.8, 4) is 11.4 Å². The predicted molar refractivity (Wildman–Crippen MR) is 77.6 cm³/mol. The Bertz CT molecular complexity index is 501. The molecule has 1 N–H and O–H groups in total. The van der Waals surface area contributed by atoms with E-state index in [1.807, 2.05) is 23.9 Å². The lowest BCUT2D eigenvalue weighted by Crippen LogP contribution is -2.38. The van der Waals surface area contributed by atoms with E-state index in [1.54, 1.807) is 12.4 Å². The van der Waals surface area contributed by atoms with Crippen LogP contribution in [0, 0.1) is 0 Å². The zero-order chi connectivity index (χ0) is 12.2. The van der Waals surface area contributed by atoms with Gasteiger partial charge in [0.1, 0.15) is 0 Å². The predicted octanol–water partition coefficient (Wildman–Crippen LogP) is 1.80. The molecule has 2 aromatic heterocycles. The highest BCUT2D eigenvalue weighted by molar-refractivity contribution is 7.99. The van der Waals surface area contributed by atoms with Crippen LogP contribution in [-0.2, 0) is 6.42 Å². The molecule has 102 valence electrons. The van der Waals surface area contributed by atoms with Crippen LogP contribution in [-0.4, -0.2) is 39.2 Å². The molecule has 0 radical (unpaired) electrons. The first kappa shape index (κ1) is 14.3. The molecule has 1 atom stereocenters. The van der Waals surface area contributed by atoms with Gasteiger partial charge in [0.15, 0.2) is 0 Å². The Hall–Kier alpha value is -1.11. The number of pyridine rings is 1. The molecule has 1 aliphatic heterocycles. The van der Waals surface area contributed by atoms with Crippen molar-refractivity contribution >= 4 is 24.2 Å². The normalized spacial score (nSPS) is 18.8. The van der Waals surface area contributed by atoms with Crippen LogP contribution in [0.4, 0.5) is 0 Å². The lowest BCUT2D eigenvalue weighted by molar-refractivity contribution is 0.363.